The highest BCUT2D eigenvalue weighted by atomic mass is 35.5. The number of benzene rings is 1. The van der Waals surface area contributed by atoms with Crippen LogP contribution in [-0.4, -0.2) is 15.0 Å². The number of rotatable bonds is 3. The summed E-state index contributed by atoms with van der Waals surface area (Å²) in [4.78, 5) is 0. The van der Waals surface area contributed by atoms with Crippen LogP contribution in [0.3, 0.4) is 0 Å². The van der Waals surface area contributed by atoms with Gasteiger partial charge in [0.25, 0.3) is 6.43 Å². The van der Waals surface area contributed by atoms with Crippen molar-refractivity contribution in [3.05, 3.63) is 40.4 Å². The second-order valence-electron chi connectivity index (χ2n) is 4.34. The van der Waals surface area contributed by atoms with Crippen LogP contribution in [0.25, 0.3) is 5.69 Å². The molecule has 2 rings (SSSR count). The van der Waals surface area contributed by atoms with Gasteiger partial charge < -0.3 is 0 Å². The zero-order valence-electron chi connectivity index (χ0n) is 10.2. The van der Waals surface area contributed by atoms with Crippen molar-refractivity contribution >= 4 is 11.6 Å². The molecule has 0 spiro atoms. The molecule has 19 heavy (non-hydrogen) atoms. The second kappa shape index (κ2) is 5.21. The molecule has 102 valence electrons. The third-order valence-corrected chi connectivity index (χ3v) is 2.96. The molecule has 0 saturated heterocycles. The van der Waals surface area contributed by atoms with Crippen LogP contribution < -0.4 is 0 Å². The van der Waals surface area contributed by atoms with Gasteiger partial charge in [-0.05, 0) is 18.1 Å². The Morgan fingerprint density at radius 2 is 1.95 bits per heavy atom. The van der Waals surface area contributed by atoms with E-state index in [1.54, 1.807) is 13.8 Å². The largest absolute Gasteiger partial charge is 0.283 e. The molecule has 2 aromatic rings. The summed E-state index contributed by atoms with van der Waals surface area (Å²) in [6, 6.07) is 2.90. The minimum atomic E-state index is -2.71. The van der Waals surface area contributed by atoms with Gasteiger partial charge in [0, 0.05) is 5.56 Å². The molecule has 0 N–H and O–H groups in total. The first-order valence-corrected chi connectivity index (χ1v) is 5.98. The van der Waals surface area contributed by atoms with Crippen molar-refractivity contribution in [1.82, 2.24) is 15.0 Å². The van der Waals surface area contributed by atoms with Gasteiger partial charge in [-0.25, -0.2) is 17.9 Å². The Balaban J connectivity index is 2.58. The van der Waals surface area contributed by atoms with Crippen LogP contribution in [0.2, 0.25) is 5.02 Å². The van der Waals surface area contributed by atoms with Gasteiger partial charge in [-0.3, -0.25) is 0 Å². The lowest BCUT2D eigenvalue weighted by Gasteiger charge is -2.14. The molecule has 1 aromatic heterocycles. The highest BCUT2D eigenvalue weighted by Gasteiger charge is 2.19. The maximum absolute atomic E-state index is 14.0. The van der Waals surface area contributed by atoms with E-state index in [1.165, 1.54) is 12.1 Å². The summed E-state index contributed by atoms with van der Waals surface area (Å²) < 4.78 is 40.1. The summed E-state index contributed by atoms with van der Waals surface area (Å²) in [5.74, 6) is -0.740. The number of halogens is 4. The van der Waals surface area contributed by atoms with Crippen molar-refractivity contribution in [2.75, 3.05) is 0 Å². The molecule has 1 aromatic carbocycles. The monoisotopic (exact) mass is 289 g/mol. The highest BCUT2D eigenvalue weighted by Crippen LogP contribution is 2.30. The first kappa shape index (κ1) is 13.9. The fourth-order valence-corrected chi connectivity index (χ4v) is 1.96. The molecule has 0 saturated carbocycles. The summed E-state index contributed by atoms with van der Waals surface area (Å²) in [5.41, 5.74) is 0.222. The lowest BCUT2D eigenvalue weighted by Crippen LogP contribution is -2.05. The fraction of sp³-hybridized carbons (Fsp3) is 0.333. The summed E-state index contributed by atoms with van der Waals surface area (Å²) in [7, 11) is 0. The fourth-order valence-electron chi connectivity index (χ4n) is 1.80. The summed E-state index contributed by atoms with van der Waals surface area (Å²) in [5, 5.41) is 6.94. The highest BCUT2D eigenvalue weighted by molar-refractivity contribution is 6.30. The number of aromatic nitrogens is 3. The van der Waals surface area contributed by atoms with Crippen molar-refractivity contribution < 1.29 is 13.2 Å². The van der Waals surface area contributed by atoms with Crippen LogP contribution in [0.4, 0.5) is 13.2 Å². The van der Waals surface area contributed by atoms with Gasteiger partial charge in [0.15, 0.2) is 0 Å². The van der Waals surface area contributed by atoms with Gasteiger partial charge in [-0.2, -0.15) is 0 Å². The molecule has 0 radical (unpaired) electrons. The number of alkyl halides is 2. The SMILES string of the molecule is CC(C)c1c(-n2cc(C(F)F)nn2)ccc(Cl)c1F. The van der Waals surface area contributed by atoms with Crippen LogP contribution in [0.5, 0.6) is 0 Å². The Morgan fingerprint density at radius 1 is 1.26 bits per heavy atom. The van der Waals surface area contributed by atoms with Gasteiger partial charge in [0.2, 0.25) is 0 Å². The third kappa shape index (κ3) is 2.58. The van der Waals surface area contributed by atoms with Crippen LogP contribution in [0.15, 0.2) is 18.3 Å². The van der Waals surface area contributed by atoms with Crippen LogP contribution in [0, 0.1) is 5.82 Å². The van der Waals surface area contributed by atoms with E-state index in [9.17, 15) is 13.2 Å². The number of nitrogens with zero attached hydrogens (tertiary/aromatic N) is 3. The lowest BCUT2D eigenvalue weighted by atomic mass is 10.0. The van der Waals surface area contributed by atoms with Crippen molar-refractivity contribution in [2.24, 2.45) is 0 Å². The minimum absolute atomic E-state index is 0.0124. The lowest BCUT2D eigenvalue weighted by molar-refractivity contribution is 0.146. The normalized spacial score (nSPS) is 11.6. The predicted molar refractivity (Wildman–Crippen MR) is 65.4 cm³/mol. The maximum Gasteiger partial charge on any atom is 0.283 e. The van der Waals surface area contributed by atoms with Gasteiger partial charge in [-0.15, -0.1) is 5.10 Å². The maximum atomic E-state index is 14.0. The van der Waals surface area contributed by atoms with Crippen molar-refractivity contribution in [2.45, 2.75) is 26.2 Å². The average Bonchev–Trinajstić information content (AvgIpc) is 2.81. The van der Waals surface area contributed by atoms with E-state index in [0.717, 1.165) is 10.9 Å². The number of hydrogen-bond donors (Lipinski definition) is 0. The second-order valence-corrected chi connectivity index (χ2v) is 4.74. The quantitative estimate of drug-likeness (QED) is 0.851. The van der Waals surface area contributed by atoms with E-state index >= 15 is 0 Å². The Labute approximate surface area is 113 Å². The third-order valence-electron chi connectivity index (χ3n) is 2.67. The van der Waals surface area contributed by atoms with E-state index in [1.807, 2.05) is 0 Å². The van der Waals surface area contributed by atoms with Gasteiger partial charge in [0.1, 0.15) is 11.5 Å². The zero-order valence-corrected chi connectivity index (χ0v) is 11.0. The van der Waals surface area contributed by atoms with Crippen LogP contribution >= 0.6 is 11.6 Å². The standard InChI is InChI=1S/C12H11ClF3N3/c1-6(2)10-9(4-3-7(13)11(10)14)19-5-8(12(15)16)17-18-19/h3-6,12H,1-2H3. The predicted octanol–water partition coefficient (Wildman–Crippen LogP) is 4.12. The topological polar surface area (TPSA) is 30.7 Å². The van der Waals surface area contributed by atoms with E-state index in [0.29, 0.717) is 11.3 Å². The van der Waals surface area contributed by atoms with E-state index in [-0.39, 0.29) is 10.9 Å². The molecule has 0 amide bonds. The molecule has 0 aliphatic carbocycles. The van der Waals surface area contributed by atoms with Gasteiger partial charge in [0.05, 0.1) is 16.9 Å². The first-order chi connectivity index (χ1) is 8.91. The Bertz CT molecular complexity index is 596. The first-order valence-electron chi connectivity index (χ1n) is 5.60. The number of hydrogen-bond acceptors (Lipinski definition) is 2. The van der Waals surface area contributed by atoms with Crippen molar-refractivity contribution in [3.63, 3.8) is 0 Å². The molecule has 0 unspecified atom stereocenters. The molecule has 0 atom stereocenters. The van der Waals surface area contributed by atoms with E-state index in [2.05, 4.69) is 10.3 Å². The van der Waals surface area contributed by atoms with Gasteiger partial charge in [-0.1, -0.05) is 30.7 Å². The Hall–Kier alpha value is -1.56. The van der Waals surface area contributed by atoms with Crippen LogP contribution in [-0.2, 0) is 0 Å². The average molecular weight is 290 g/mol. The molecule has 0 fully saturated rings. The van der Waals surface area contributed by atoms with Gasteiger partial charge >= 0.3 is 0 Å². The summed E-state index contributed by atoms with van der Waals surface area (Å²) >= 11 is 5.73. The molecule has 7 heteroatoms. The molecular weight excluding hydrogens is 279 g/mol. The molecule has 3 nitrogen and oxygen atoms in total. The Kier molecular flexibility index (Phi) is 3.80. The molecule has 0 aliphatic heterocycles. The molecule has 1 heterocycles. The molecular formula is C12H11ClF3N3. The smallest absolute Gasteiger partial charge is 0.220 e. The summed E-state index contributed by atoms with van der Waals surface area (Å²) in [6.45, 7) is 3.56. The van der Waals surface area contributed by atoms with Crippen molar-refractivity contribution in [3.8, 4) is 5.69 Å². The molecule has 0 aliphatic rings. The summed E-state index contributed by atoms with van der Waals surface area (Å²) in [6.07, 6.45) is -1.63. The van der Waals surface area contributed by atoms with Crippen molar-refractivity contribution in [1.29, 1.82) is 0 Å². The van der Waals surface area contributed by atoms with E-state index < -0.39 is 17.9 Å². The molecule has 0 bridgehead atoms. The zero-order chi connectivity index (χ0) is 14.2. The van der Waals surface area contributed by atoms with Crippen LogP contribution in [0.1, 0.15) is 37.4 Å². The Morgan fingerprint density at radius 3 is 2.47 bits per heavy atom. The van der Waals surface area contributed by atoms with E-state index in [4.69, 9.17) is 11.6 Å². The minimum Gasteiger partial charge on any atom is -0.220 e.